The van der Waals surface area contributed by atoms with Gasteiger partial charge in [-0.1, -0.05) is 0 Å². The third-order valence-corrected chi connectivity index (χ3v) is 4.15. The Balaban J connectivity index is 2.16. The molecule has 0 unspecified atom stereocenters. The molecule has 6 heteroatoms. The Labute approximate surface area is 110 Å². The van der Waals surface area contributed by atoms with E-state index in [4.69, 9.17) is 10.2 Å². The van der Waals surface area contributed by atoms with Gasteiger partial charge in [-0.3, -0.25) is 0 Å². The van der Waals surface area contributed by atoms with Gasteiger partial charge in [-0.2, -0.15) is 0 Å². The van der Waals surface area contributed by atoms with Gasteiger partial charge < -0.3 is 10.2 Å². The first kappa shape index (κ1) is 10.7. The summed E-state index contributed by atoms with van der Waals surface area (Å²) >= 11 is 4.86. The average molecular weight is 310 g/mol. The third-order valence-electron chi connectivity index (χ3n) is 2.35. The molecule has 0 aliphatic heterocycles. The van der Waals surface area contributed by atoms with Crippen LogP contribution < -0.4 is 5.73 Å². The summed E-state index contributed by atoms with van der Waals surface area (Å²) in [6.07, 6.45) is 0. The highest BCUT2D eigenvalue weighted by Crippen LogP contribution is 2.34. The fourth-order valence-electron chi connectivity index (χ4n) is 1.61. The molecule has 0 saturated heterocycles. The van der Waals surface area contributed by atoms with Crippen molar-refractivity contribution in [3.05, 3.63) is 27.9 Å². The van der Waals surface area contributed by atoms with E-state index in [0.717, 1.165) is 25.5 Å². The van der Waals surface area contributed by atoms with Crippen molar-refractivity contribution in [2.24, 2.45) is 0 Å². The molecule has 2 heterocycles. The lowest BCUT2D eigenvalue weighted by Gasteiger charge is -1.94. The van der Waals surface area contributed by atoms with E-state index in [9.17, 15) is 0 Å². The molecule has 0 radical (unpaired) electrons. The lowest BCUT2D eigenvalue weighted by Crippen LogP contribution is -1.84. The molecule has 0 spiro atoms. The second kappa shape index (κ2) is 3.82. The van der Waals surface area contributed by atoms with E-state index >= 15 is 0 Å². The minimum Gasteiger partial charge on any atom is -0.441 e. The van der Waals surface area contributed by atoms with Crippen LogP contribution in [0.3, 0.4) is 0 Å². The number of thiazole rings is 1. The van der Waals surface area contributed by atoms with Gasteiger partial charge in [0.1, 0.15) is 20.1 Å². The first-order valence-electron chi connectivity index (χ1n) is 4.93. The molecular formula is C11H8BrN3OS. The number of fused-ring (bicyclic) bond motifs is 1. The molecule has 0 amide bonds. The number of halogens is 1. The summed E-state index contributed by atoms with van der Waals surface area (Å²) in [4.78, 5) is 8.53. The number of nitrogens with zero attached hydrogens (tertiary/aromatic N) is 2. The highest BCUT2D eigenvalue weighted by Gasteiger charge is 2.10. The van der Waals surface area contributed by atoms with Crippen LogP contribution >= 0.6 is 27.3 Å². The molecule has 0 saturated carbocycles. The lowest BCUT2D eigenvalue weighted by molar-refractivity contribution is 0.561. The summed E-state index contributed by atoms with van der Waals surface area (Å²) in [5, 5.41) is 0.866. The number of hydrogen-bond acceptors (Lipinski definition) is 5. The van der Waals surface area contributed by atoms with E-state index in [1.165, 1.54) is 11.3 Å². The minimum absolute atomic E-state index is 0.513. The molecule has 0 atom stereocenters. The van der Waals surface area contributed by atoms with Gasteiger partial charge in [-0.25, -0.2) is 9.97 Å². The van der Waals surface area contributed by atoms with Crippen LogP contribution in [0, 0.1) is 6.92 Å². The molecule has 0 aliphatic rings. The third kappa shape index (κ3) is 1.83. The van der Waals surface area contributed by atoms with Crippen molar-refractivity contribution in [2.75, 3.05) is 5.73 Å². The number of aromatic nitrogens is 2. The van der Waals surface area contributed by atoms with E-state index in [-0.39, 0.29) is 0 Å². The second-order valence-electron chi connectivity index (χ2n) is 3.59. The zero-order chi connectivity index (χ0) is 12.0. The Hall–Kier alpha value is -1.40. The van der Waals surface area contributed by atoms with Crippen molar-refractivity contribution in [1.29, 1.82) is 0 Å². The zero-order valence-electron chi connectivity index (χ0n) is 8.90. The van der Waals surface area contributed by atoms with Crippen LogP contribution in [0.25, 0.3) is 21.7 Å². The van der Waals surface area contributed by atoms with E-state index < -0.39 is 0 Å². The number of oxazole rings is 1. The number of anilines is 1. The predicted octanol–water partition coefficient (Wildman–Crippen LogP) is 3.60. The Bertz CT molecular complexity index is 684. The van der Waals surface area contributed by atoms with E-state index in [1.807, 2.05) is 25.1 Å². The van der Waals surface area contributed by atoms with Gasteiger partial charge >= 0.3 is 0 Å². The zero-order valence-corrected chi connectivity index (χ0v) is 11.3. The molecule has 86 valence electrons. The SMILES string of the molecule is Cc1nc2ccc(-c3nc(N)c(Br)s3)cc2o1. The molecule has 1 aromatic carbocycles. The summed E-state index contributed by atoms with van der Waals surface area (Å²) in [6, 6.07) is 5.82. The summed E-state index contributed by atoms with van der Waals surface area (Å²) in [7, 11) is 0. The summed E-state index contributed by atoms with van der Waals surface area (Å²) < 4.78 is 6.34. The van der Waals surface area contributed by atoms with Crippen LogP contribution in [0.2, 0.25) is 0 Å². The van der Waals surface area contributed by atoms with E-state index in [1.54, 1.807) is 0 Å². The van der Waals surface area contributed by atoms with Gasteiger partial charge in [-0.15, -0.1) is 11.3 Å². The van der Waals surface area contributed by atoms with Crippen molar-refractivity contribution >= 4 is 44.2 Å². The maximum atomic E-state index is 5.71. The van der Waals surface area contributed by atoms with Crippen molar-refractivity contribution in [3.8, 4) is 10.6 Å². The van der Waals surface area contributed by atoms with Crippen LogP contribution in [-0.4, -0.2) is 9.97 Å². The van der Waals surface area contributed by atoms with Crippen LogP contribution in [0.15, 0.2) is 26.4 Å². The molecule has 4 nitrogen and oxygen atoms in total. The van der Waals surface area contributed by atoms with E-state index in [0.29, 0.717) is 11.7 Å². The van der Waals surface area contributed by atoms with E-state index in [2.05, 4.69) is 25.9 Å². The summed E-state index contributed by atoms with van der Waals surface area (Å²) in [5.41, 5.74) is 8.32. The number of nitrogens with two attached hydrogens (primary N) is 1. The predicted molar refractivity (Wildman–Crippen MR) is 72.0 cm³/mol. The normalized spacial score (nSPS) is 11.2. The fourth-order valence-corrected chi connectivity index (χ4v) is 2.87. The Morgan fingerprint density at radius 3 is 2.88 bits per heavy atom. The summed E-state index contributed by atoms with van der Waals surface area (Å²) in [6.45, 7) is 1.83. The Morgan fingerprint density at radius 2 is 2.18 bits per heavy atom. The minimum atomic E-state index is 0.513. The maximum Gasteiger partial charge on any atom is 0.192 e. The largest absolute Gasteiger partial charge is 0.441 e. The van der Waals surface area contributed by atoms with Crippen molar-refractivity contribution < 1.29 is 4.42 Å². The molecule has 3 aromatic rings. The quantitative estimate of drug-likeness (QED) is 0.746. The van der Waals surface area contributed by atoms with Gasteiger partial charge in [0, 0.05) is 12.5 Å². The number of hydrogen-bond donors (Lipinski definition) is 1. The standard InChI is InChI=1S/C11H8BrN3OS/c1-5-14-7-3-2-6(4-8(7)16-5)11-15-10(13)9(12)17-11/h2-4H,13H2,1H3. The molecule has 0 bridgehead atoms. The fraction of sp³-hybridized carbons (Fsp3) is 0.0909. The van der Waals surface area contributed by atoms with Crippen molar-refractivity contribution in [3.63, 3.8) is 0 Å². The van der Waals surface area contributed by atoms with Gasteiger partial charge in [0.25, 0.3) is 0 Å². The molecule has 3 rings (SSSR count). The number of aryl methyl sites for hydroxylation is 1. The van der Waals surface area contributed by atoms with Crippen LogP contribution in [-0.2, 0) is 0 Å². The van der Waals surface area contributed by atoms with Crippen LogP contribution in [0.5, 0.6) is 0 Å². The first-order chi connectivity index (χ1) is 8.13. The molecule has 0 aliphatic carbocycles. The average Bonchev–Trinajstić information content (AvgIpc) is 2.80. The number of rotatable bonds is 1. The smallest absolute Gasteiger partial charge is 0.192 e. The second-order valence-corrected chi connectivity index (χ2v) is 5.91. The lowest BCUT2D eigenvalue weighted by atomic mass is 10.2. The topological polar surface area (TPSA) is 64.9 Å². The Morgan fingerprint density at radius 1 is 1.35 bits per heavy atom. The van der Waals surface area contributed by atoms with Gasteiger partial charge in [-0.05, 0) is 34.1 Å². The number of nitrogen functional groups attached to an aromatic ring is 1. The van der Waals surface area contributed by atoms with Crippen molar-refractivity contribution in [2.45, 2.75) is 6.92 Å². The number of benzene rings is 1. The van der Waals surface area contributed by atoms with Crippen LogP contribution in [0.1, 0.15) is 5.89 Å². The monoisotopic (exact) mass is 309 g/mol. The maximum absolute atomic E-state index is 5.71. The Kier molecular flexibility index (Phi) is 2.41. The van der Waals surface area contributed by atoms with Crippen molar-refractivity contribution in [1.82, 2.24) is 9.97 Å². The van der Waals surface area contributed by atoms with Gasteiger partial charge in [0.05, 0.1) is 0 Å². The van der Waals surface area contributed by atoms with Gasteiger partial charge in [0.2, 0.25) is 0 Å². The summed E-state index contributed by atoms with van der Waals surface area (Å²) in [5.74, 6) is 1.18. The molecular weight excluding hydrogens is 302 g/mol. The highest BCUT2D eigenvalue weighted by atomic mass is 79.9. The highest BCUT2D eigenvalue weighted by molar-refractivity contribution is 9.11. The molecule has 17 heavy (non-hydrogen) atoms. The molecule has 0 fully saturated rings. The van der Waals surface area contributed by atoms with Crippen LogP contribution in [0.4, 0.5) is 5.82 Å². The molecule has 2 N–H and O–H groups in total. The first-order valence-corrected chi connectivity index (χ1v) is 6.54. The van der Waals surface area contributed by atoms with Gasteiger partial charge in [0.15, 0.2) is 11.5 Å². The molecule has 2 aromatic heterocycles.